The summed E-state index contributed by atoms with van der Waals surface area (Å²) in [5, 5.41) is 12.7. The number of amides is 2. The van der Waals surface area contributed by atoms with Gasteiger partial charge in [0.2, 0.25) is 5.91 Å². The Morgan fingerprint density at radius 2 is 1.96 bits per heavy atom. The second-order valence-corrected chi connectivity index (χ2v) is 6.52. The average molecular weight is 404 g/mol. The molecule has 3 rings (SSSR count). The summed E-state index contributed by atoms with van der Waals surface area (Å²) in [5.41, 5.74) is 1.57. The van der Waals surface area contributed by atoms with Crippen molar-refractivity contribution in [3.8, 4) is 11.4 Å². The Morgan fingerprint density at radius 1 is 1.15 bits per heavy atom. The van der Waals surface area contributed by atoms with Crippen LogP contribution in [0.5, 0.6) is 0 Å². The van der Waals surface area contributed by atoms with Gasteiger partial charge in [0.25, 0.3) is 5.91 Å². The first-order chi connectivity index (χ1) is 12.9. The van der Waals surface area contributed by atoms with Crippen molar-refractivity contribution in [2.75, 3.05) is 11.9 Å². The first kappa shape index (κ1) is 18.9. The molecule has 2 amide bonds. The van der Waals surface area contributed by atoms with Crippen LogP contribution in [0.15, 0.2) is 42.5 Å². The molecule has 0 bridgehead atoms. The van der Waals surface area contributed by atoms with Crippen LogP contribution in [0.1, 0.15) is 16.2 Å². The highest BCUT2D eigenvalue weighted by Gasteiger charge is 2.12. The molecule has 2 aromatic carbocycles. The third-order valence-electron chi connectivity index (χ3n) is 3.59. The number of aryl methyl sites for hydroxylation is 1. The standard InChI is InChI=1S/C18H15Cl2N5O2/c1-10-22-17(25-24-10)11-3-2-4-13(7-11)23-16(26)9-21-18(27)14-6-5-12(19)8-15(14)20/h2-8H,9H2,1H3,(H,21,27)(H,23,26)(H,22,24,25). The number of H-pyrrole nitrogens is 1. The van der Waals surface area contributed by atoms with E-state index >= 15 is 0 Å². The number of hydrogen-bond acceptors (Lipinski definition) is 4. The van der Waals surface area contributed by atoms with Crippen molar-refractivity contribution in [2.45, 2.75) is 6.92 Å². The highest BCUT2D eigenvalue weighted by Crippen LogP contribution is 2.21. The van der Waals surface area contributed by atoms with Crippen molar-refractivity contribution < 1.29 is 9.59 Å². The summed E-state index contributed by atoms with van der Waals surface area (Å²) in [5.74, 6) is 0.394. The molecule has 0 spiro atoms. The number of aromatic nitrogens is 3. The van der Waals surface area contributed by atoms with Crippen molar-refractivity contribution in [2.24, 2.45) is 0 Å². The molecule has 0 saturated heterocycles. The molecule has 0 aliphatic heterocycles. The number of anilines is 1. The van der Waals surface area contributed by atoms with E-state index in [4.69, 9.17) is 23.2 Å². The summed E-state index contributed by atoms with van der Waals surface area (Å²) in [4.78, 5) is 28.5. The highest BCUT2D eigenvalue weighted by atomic mass is 35.5. The third-order valence-corrected chi connectivity index (χ3v) is 4.13. The van der Waals surface area contributed by atoms with E-state index in [0.29, 0.717) is 22.4 Å². The predicted molar refractivity (Wildman–Crippen MR) is 104 cm³/mol. The molecule has 3 N–H and O–H groups in total. The summed E-state index contributed by atoms with van der Waals surface area (Å²) in [6.45, 7) is 1.60. The maximum Gasteiger partial charge on any atom is 0.253 e. The van der Waals surface area contributed by atoms with Gasteiger partial charge in [0.15, 0.2) is 5.82 Å². The number of hydrogen-bond donors (Lipinski definition) is 3. The zero-order chi connectivity index (χ0) is 19.4. The molecule has 0 aliphatic carbocycles. The van der Waals surface area contributed by atoms with E-state index in [0.717, 1.165) is 5.56 Å². The summed E-state index contributed by atoms with van der Waals surface area (Å²) < 4.78 is 0. The van der Waals surface area contributed by atoms with E-state index in [9.17, 15) is 9.59 Å². The Bertz CT molecular complexity index is 1000. The second-order valence-electron chi connectivity index (χ2n) is 5.68. The van der Waals surface area contributed by atoms with Crippen molar-refractivity contribution in [1.29, 1.82) is 0 Å². The van der Waals surface area contributed by atoms with Crippen LogP contribution in [0.4, 0.5) is 5.69 Å². The maximum absolute atomic E-state index is 12.1. The first-order valence-electron chi connectivity index (χ1n) is 7.95. The first-order valence-corrected chi connectivity index (χ1v) is 8.70. The van der Waals surface area contributed by atoms with E-state index in [1.807, 2.05) is 6.07 Å². The van der Waals surface area contributed by atoms with Gasteiger partial charge in [-0.15, -0.1) is 0 Å². The Hall–Kier alpha value is -2.90. The van der Waals surface area contributed by atoms with Crippen molar-refractivity contribution in [1.82, 2.24) is 20.5 Å². The molecule has 0 aliphatic rings. The summed E-state index contributed by atoms with van der Waals surface area (Å²) >= 11 is 11.8. The van der Waals surface area contributed by atoms with Crippen LogP contribution in [-0.2, 0) is 4.79 Å². The van der Waals surface area contributed by atoms with E-state index in [1.54, 1.807) is 31.2 Å². The van der Waals surface area contributed by atoms with Gasteiger partial charge in [-0.05, 0) is 37.3 Å². The molecule has 0 fully saturated rings. The number of nitrogens with zero attached hydrogens (tertiary/aromatic N) is 2. The molecular formula is C18H15Cl2N5O2. The molecule has 0 atom stereocenters. The van der Waals surface area contributed by atoms with Crippen molar-refractivity contribution in [3.63, 3.8) is 0 Å². The van der Waals surface area contributed by atoms with Crippen LogP contribution in [0, 0.1) is 6.92 Å². The Kier molecular flexibility index (Phi) is 5.73. The zero-order valence-electron chi connectivity index (χ0n) is 14.2. The minimum absolute atomic E-state index is 0.207. The molecule has 0 radical (unpaired) electrons. The zero-order valence-corrected chi connectivity index (χ0v) is 15.7. The van der Waals surface area contributed by atoms with Gasteiger partial charge in [0.05, 0.1) is 17.1 Å². The van der Waals surface area contributed by atoms with Crippen LogP contribution >= 0.6 is 23.2 Å². The molecular weight excluding hydrogens is 389 g/mol. The van der Waals surface area contributed by atoms with Crippen molar-refractivity contribution >= 4 is 40.7 Å². The van der Waals surface area contributed by atoms with E-state index < -0.39 is 5.91 Å². The number of halogens is 2. The quantitative estimate of drug-likeness (QED) is 0.607. The number of carbonyl (C=O) groups excluding carboxylic acids is 2. The lowest BCUT2D eigenvalue weighted by atomic mass is 10.2. The molecule has 7 nitrogen and oxygen atoms in total. The lowest BCUT2D eigenvalue weighted by molar-refractivity contribution is -0.115. The largest absolute Gasteiger partial charge is 0.343 e. The lowest BCUT2D eigenvalue weighted by Crippen LogP contribution is -2.33. The average Bonchev–Trinajstić information content (AvgIpc) is 3.06. The number of aromatic amines is 1. The number of carbonyl (C=O) groups is 2. The van der Waals surface area contributed by atoms with Gasteiger partial charge < -0.3 is 10.6 Å². The molecule has 3 aromatic rings. The van der Waals surface area contributed by atoms with Crippen LogP contribution in [-0.4, -0.2) is 33.5 Å². The highest BCUT2D eigenvalue weighted by molar-refractivity contribution is 6.36. The Balaban J connectivity index is 1.60. The fraction of sp³-hybridized carbons (Fsp3) is 0.111. The van der Waals surface area contributed by atoms with Gasteiger partial charge in [-0.1, -0.05) is 35.3 Å². The van der Waals surface area contributed by atoms with Crippen LogP contribution < -0.4 is 10.6 Å². The predicted octanol–water partition coefficient (Wildman–Crippen LogP) is 3.46. The number of benzene rings is 2. The number of rotatable bonds is 5. The fourth-order valence-electron chi connectivity index (χ4n) is 2.34. The molecule has 138 valence electrons. The van der Waals surface area contributed by atoms with Gasteiger partial charge in [-0.2, -0.15) is 5.10 Å². The Labute approximate surface area is 165 Å². The summed E-state index contributed by atoms with van der Waals surface area (Å²) in [7, 11) is 0. The lowest BCUT2D eigenvalue weighted by Gasteiger charge is -2.09. The minimum atomic E-state index is -0.461. The minimum Gasteiger partial charge on any atom is -0.343 e. The molecule has 27 heavy (non-hydrogen) atoms. The van der Waals surface area contributed by atoms with Crippen molar-refractivity contribution in [3.05, 3.63) is 63.9 Å². The fourth-order valence-corrected chi connectivity index (χ4v) is 2.84. The monoisotopic (exact) mass is 403 g/mol. The van der Waals surface area contributed by atoms with E-state index in [1.165, 1.54) is 12.1 Å². The molecule has 9 heteroatoms. The number of nitrogens with one attached hydrogen (secondary N) is 3. The van der Waals surface area contributed by atoms with Crippen LogP contribution in [0.25, 0.3) is 11.4 Å². The molecule has 0 saturated carbocycles. The molecule has 1 aromatic heterocycles. The maximum atomic E-state index is 12.1. The normalized spacial score (nSPS) is 10.5. The topological polar surface area (TPSA) is 99.8 Å². The second kappa shape index (κ2) is 8.20. The SMILES string of the molecule is Cc1nc(-c2cccc(NC(=O)CNC(=O)c3ccc(Cl)cc3Cl)c2)n[nH]1. The molecule has 0 unspecified atom stereocenters. The summed E-state index contributed by atoms with van der Waals surface area (Å²) in [6.07, 6.45) is 0. The van der Waals surface area contributed by atoms with Crippen LogP contribution in [0.3, 0.4) is 0 Å². The van der Waals surface area contributed by atoms with E-state index in [2.05, 4.69) is 25.8 Å². The smallest absolute Gasteiger partial charge is 0.253 e. The van der Waals surface area contributed by atoms with Gasteiger partial charge in [-0.25, -0.2) is 4.98 Å². The van der Waals surface area contributed by atoms with Gasteiger partial charge in [-0.3, -0.25) is 14.7 Å². The van der Waals surface area contributed by atoms with Gasteiger partial charge >= 0.3 is 0 Å². The van der Waals surface area contributed by atoms with Crippen LogP contribution in [0.2, 0.25) is 10.0 Å². The van der Waals surface area contributed by atoms with Gasteiger partial charge in [0.1, 0.15) is 5.82 Å². The van der Waals surface area contributed by atoms with E-state index in [-0.39, 0.29) is 23.0 Å². The third kappa shape index (κ3) is 4.84. The Morgan fingerprint density at radius 3 is 2.67 bits per heavy atom. The summed E-state index contributed by atoms with van der Waals surface area (Å²) in [6, 6.07) is 11.6. The molecule has 1 heterocycles. The van der Waals surface area contributed by atoms with Gasteiger partial charge in [0, 0.05) is 16.3 Å².